The largest absolute Gasteiger partial charge is 0.348 e. The molecule has 2 heteroatoms. The molecule has 0 unspecified atom stereocenters. The van der Waals surface area contributed by atoms with Crippen LogP contribution in [0, 0.1) is 0 Å². The summed E-state index contributed by atoms with van der Waals surface area (Å²) in [6.45, 7) is 3.59. The van der Waals surface area contributed by atoms with E-state index in [1.807, 2.05) is 13.2 Å². The SMILES string of the molecule is C=Cc1cc(C=O)n(C)c1. The highest BCUT2D eigenvalue weighted by atomic mass is 16.1. The fourth-order valence-electron chi connectivity index (χ4n) is 0.837. The van der Waals surface area contributed by atoms with Crippen LogP contribution in [0.5, 0.6) is 0 Å². The monoisotopic (exact) mass is 135 g/mol. The van der Waals surface area contributed by atoms with Crippen LogP contribution in [0.2, 0.25) is 0 Å². The minimum atomic E-state index is 0.676. The number of carbonyl (C=O) groups is 1. The summed E-state index contributed by atoms with van der Waals surface area (Å²) in [6, 6.07) is 1.79. The zero-order valence-electron chi connectivity index (χ0n) is 5.87. The van der Waals surface area contributed by atoms with Gasteiger partial charge in [0.05, 0.1) is 5.69 Å². The highest BCUT2D eigenvalue weighted by Gasteiger charge is 1.96. The van der Waals surface area contributed by atoms with Crippen LogP contribution in [0.1, 0.15) is 16.1 Å². The second kappa shape index (κ2) is 2.52. The van der Waals surface area contributed by atoms with E-state index < -0.39 is 0 Å². The minimum absolute atomic E-state index is 0.676. The van der Waals surface area contributed by atoms with Crippen LogP contribution < -0.4 is 0 Å². The Morgan fingerprint density at radius 2 is 2.40 bits per heavy atom. The number of carbonyl (C=O) groups excluding carboxylic acids is 1. The molecule has 10 heavy (non-hydrogen) atoms. The Morgan fingerprint density at radius 3 is 2.70 bits per heavy atom. The molecular weight excluding hydrogens is 126 g/mol. The first-order chi connectivity index (χ1) is 4.77. The van der Waals surface area contributed by atoms with Crippen molar-refractivity contribution in [1.82, 2.24) is 4.57 Å². The normalized spacial score (nSPS) is 9.30. The third-order valence-electron chi connectivity index (χ3n) is 1.42. The summed E-state index contributed by atoms with van der Waals surface area (Å²) < 4.78 is 1.77. The first kappa shape index (κ1) is 6.81. The molecule has 0 bridgehead atoms. The predicted molar refractivity (Wildman–Crippen MR) is 40.9 cm³/mol. The highest BCUT2D eigenvalue weighted by molar-refractivity contribution is 5.74. The molecule has 1 aromatic heterocycles. The van der Waals surface area contributed by atoms with Crippen molar-refractivity contribution in [2.75, 3.05) is 0 Å². The Balaban J connectivity index is 3.15. The Bertz CT molecular complexity index is 260. The van der Waals surface area contributed by atoms with Crippen LogP contribution in [-0.4, -0.2) is 10.9 Å². The van der Waals surface area contributed by atoms with Gasteiger partial charge < -0.3 is 4.57 Å². The van der Waals surface area contributed by atoms with Crippen LogP contribution in [-0.2, 0) is 7.05 Å². The van der Waals surface area contributed by atoms with E-state index in [0.717, 1.165) is 11.8 Å². The lowest BCUT2D eigenvalue weighted by molar-refractivity contribution is 0.111. The number of rotatable bonds is 2. The molecule has 0 atom stereocenters. The summed E-state index contributed by atoms with van der Waals surface area (Å²) in [5.74, 6) is 0. The van der Waals surface area contributed by atoms with E-state index in [1.165, 1.54) is 0 Å². The first-order valence-corrected chi connectivity index (χ1v) is 3.02. The molecule has 0 aliphatic carbocycles. The third-order valence-corrected chi connectivity index (χ3v) is 1.42. The van der Waals surface area contributed by atoms with Gasteiger partial charge in [0.15, 0.2) is 6.29 Å². The van der Waals surface area contributed by atoms with Crippen molar-refractivity contribution in [1.29, 1.82) is 0 Å². The molecule has 2 nitrogen and oxygen atoms in total. The zero-order valence-corrected chi connectivity index (χ0v) is 5.87. The quantitative estimate of drug-likeness (QED) is 0.563. The van der Waals surface area contributed by atoms with Crippen molar-refractivity contribution in [2.24, 2.45) is 7.05 Å². The number of nitrogens with zero attached hydrogens (tertiary/aromatic N) is 1. The lowest BCUT2D eigenvalue weighted by Crippen LogP contribution is -1.90. The maximum Gasteiger partial charge on any atom is 0.166 e. The fraction of sp³-hybridized carbons (Fsp3) is 0.125. The van der Waals surface area contributed by atoms with E-state index in [2.05, 4.69) is 6.58 Å². The molecule has 0 aromatic carbocycles. The van der Waals surface area contributed by atoms with Crippen LogP contribution in [0.3, 0.4) is 0 Å². The van der Waals surface area contributed by atoms with Gasteiger partial charge in [0.25, 0.3) is 0 Å². The molecule has 0 fully saturated rings. The Hall–Kier alpha value is -1.31. The van der Waals surface area contributed by atoms with Gasteiger partial charge in [0.1, 0.15) is 0 Å². The van der Waals surface area contributed by atoms with E-state index in [1.54, 1.807) is 16.7 Å². The molecule has 1 aromatic rings. The molecule has 1 rings (SSSR count). The summed E-state index contributed by atoms with van der Waals surface area (Å²) >= 11 is 0. The van der Waals surface area contributed by atoms with Crippen LogP contribution in [0.25, 0.3) is 6.08 Å². The molecular formula is C8H9NO. The Kier molecular flexibility index (Phi) is 1.71. The van der Waals surface area contributed by atoms with Crippen LogP contribution in [0.4, 0.5) is 0 Å². The van der Waals surface area contributed by atoms with Crippen molar-refractivity contribution >= 4 is 12.4 Å². The standard InChI is InChI=1S/C8H9NO/c1-3-7-4-8(6-10)9(2)5-7/h3-6H,1H2,2H3. The van der Waals surface area contributed by atoms with Gasteiger partial charge in [-0.05, 0) is 11.6 Å². The van der Waals surface area contributed by atoms with Gasteiger partial charge in [-0.25, -0.2) is 0 Å². The molecule has 52 valence electrons. The molecule has 0 aliphatic rings. The van der Waals surface area contributed by atoms with E-state index in [9.17, 15) is 4.79 Å². The van der Waals surface area contributed by atoms with Crippen molar-refractivity contribution in [3.8, 4) is 0 Å². The maximum atomic E-state index is 10.3. The average Bonchev–Trinajstić information content (AvgIpc) is 2.30. The predicted octanol–water partition coefficient (Wildman–Crippen LogP) is 1.48. The number of aromatic nitrogens is 1. The van der Waals surface area contributed by atoms with E-state index >= 15 is 0 Å². The van der Waals surface area contributed by atoms with Crippen LogP contribution >= 0.6 is 0 Å². The van der Waals surface area contributed by atoms with E-state index in [-0.39, 0.29) is 0 Å². The molecule has 0 N–H and O–H groups in total. The fourth-order valence-corrected chi connectivity index (χ4v) is 0.837. The summed E-state index contributed by atoms with van der Waals surface area (Å²) in [5.41, 5.74) is 1.65. The summed E-state index contributed by atoms with van der Waals surface area (Å²) in [4.78, 5) is 10.3. The number of hydrogen-bond donors (Lipinski definition) is 0. The second-order valence-corrected chi connectivity index (χ2v) is 2.13. The topological polar surface area (TPSA) is 22.0 Å². The maximum absolute atomic E-state index is 10.3. The second-order valence-electron chi connectivity index (χ2n) is 2.13. The summed E-state index contributed by atoms with van der Waals surface area (Å²) in [7, 11) is 1.83. The number of aryl methyl sites for hydroxylation is 1. The lowest BCUT2D eigenvalue weighted by Gasteiger charge is -1.88. The van der Waals surface area contributed by atoms with Gasteiger partial charge in [-0.15, -0.1) is 0 Å². The summed E-state index contributed by atoms with van der Waals surface area (Å²) in [6.07, 6.45) is 4.40. The van der Waals surface area contributed by atoms with Crippen molar-refractivity contribution in [3.05, 3.63) is 30.1 Å². The molecule has 0 saturated heterocycles. The molecule has 0 saturated carbocycles. The van der Waals surface area contributed by atoms with Crippen LogP contribution in [0.15, 0.2) is 18.8 Å². The molecule has 0 amide bonds. The van der Waals surface area contributed by atoms with Gasteiger partial charge in [-0.3, -0.25) is 4.79 Å². The Morgan fingerprint density at radius 1 is 1.70 bits per heavy atom. The minimum Gasteiger partial charge on any atom is -0.348 e. The van der Waals surface area contributed by atoms with Gasteiger partial charge in [0, 0.05) is 13.2 Å². The molecule has 1 heterocycles. The van der Waals surface area contributed by atoms with Gasteiger partial charge in [0.2, 0.25) is 0 Å². The molecule has 0 radical (unpaired) electrons. The number of hydrogen-bond acceptors (Lipinski definition) is 1. The van der Waals surface area contributed by atoms with Gasteiger partial charge in [-0.2, -0.15) is 0 Å². The lowest BCUT2D eigenvalue weighted by atomic mass is 10.3. The summed E-state index contributed by atoms with van der Waals surface area (Å²) in [5, 5.41) is 0. The highest BCUT2D eigenvalue weighted by Crippen LogP contribution is 2.05. The van der Waals surface area contributed by atoms with Gasteiger partial charge in [-0.1, -0.05) is 12.7 Å². The molecule has 0 aliphatic heterocycles. The van der Waals surface area contributed by atoms with Crippen molar-refractivity contribution in [3.63, 3.8) is 0 Å². The third kappa shape index (κ3) is 1.00. The molecule has 0 spiro atoms. The van der Waals surface area contributed by atoms with Crippen molar-refractivity contribution < 1.29 is 4.79 Å². The van der Waals surface area contributed by atoms with E-state index in [0.29, 0.717) is 5.69 Å². The number of aldehydes is 1. The smallest absolute Gasteiger partial charge is 0.166 e. The first-order valence-electron chi connectivity index (χ1n) is 3.02. The Labute approximate surface area is 59.8 Å². The van der Waals surface area contributed by atoms with E-state index in [4.69, 9.17) is 0 Å². The average molecular weight is 135 g/mol. The zero-order chi connectivity index (χ0) is 7.56. The van der Waals surface area contributed by atoms with Gasteiger partial charge >= 0.3 is 0 Å². The van der Waals surface area contributed by atoms with Crippen molar-refractivity contribution in [2.45, 2.75) is 0 Å².